The van der Waals surface area contributed by atoms with Crippen molar-refractivity contribution < 1.29 is 9.18 Å². The first kappa shape index (κ1) is 14.6. The van der Waals surface area contributed by atoms with Gasteiger partial charge in [0.1, 0.15) is 0 Å². The maximum Gasteiger partial charge on any atom is 0.256 e. The van der Waals surface area contributed by atoms with E-state index in [4.69, 9.17) is 23.2 Å². The molecule has 0 unspecified atom stereocenters. The van der Waals surface area contributed by atoms with E-state index in [-0.39, 0.29) is 10.7 Å². The van der Waals surface area contributed by atoms with Gasteiger partial charge in [-0.3, -0.25) is 4.79 Å². The molecule has 1 N–H and O–H groups in total. The van der Waals surface area contributed by atoms with Gasteiger partial charge in [-0.15, -0.1) is 0 Å². The summed E-state index contributed by atoms with van der Waals surface area (Å²) in [6.45, 7) is 0. The van der Waals surface area contributed by atoms with E-state index in [0.717, 1.165) is 0 Å². The Bertz CT molecular complexity index is 649. The first-order chi connectivity index (χ1) is 8.99. The quantitative estimate of drug-likeness (QED) is 0.695. The number of benzene rings is 2. The lowest BCUT2D eigenvalue weighted by molar-refractivity contribution is 0.102. The number of carbonyl (C=O) groups excluding carboxylic acids is 1. The SMILES string of the molecule is O=C(Nc1cccc(Cl)c1F)c1ccc(Cl)cc1I. The third kappa shape index (κ3) is 3.38. The van der Waals surface area contributed by atoms with E-state index in [1.54, 1.807) is 24.3 Å². The van der Waals surface area contributed by atoms with E-state index in [2.05, 4.69) is 5.32 Å². The summed E-state index contributed by atoms with van der Waals surface area (Å²) in [5.41, 5.74) is 0.465. The molecule has 0 heterocycles. The lowest BCUT2D eigenvalue weighted by Gasteiger charge is -2.08. The third-order valence-electron chi connectivity index (χ3n) is 2.38. The lowest BCUT2D eigenvalue weighted by Crippen LogP contribution is -2.14. The van der Waals surface area contributed by atoms with E-state index in [0.29, 0.717) is 14.2 Å². The van der Waals surface area contributed by atoms with Crippen LogP contribution < -0.4 is 5.32 Å². The first-order valence-electron chi connectivity index (χ1n) is 5.19. The number of nitrogens with one attached hydrogen (secondary N) is 1. The van der Waals surface area contributed by atoms with Crippen molar-refractivity contribution >= 4 is 57.4 Å². The molecule has 6 heteroatoms. The lowest BCUT2D eigenvalue weighted by atomic mass is 10.2. The fourth-order valence-corrected chi connectivity index (χ4v) is 2.75. The van der Waals surface area contributed by atoms with Gasteiger partial charge >= 0.3 is 0 Å². The van der Waals surface area contributed by atoms with Gasteiger partial charge in [0.2, 0.25) is 0 Å². The van der Waals surface area contributed by atoms with Gasteiger partial charge in [-0.05, 0) is 52.9 Å². The average Bonchev–Trinajstić information content (AvgIpc) is 2.34. The number of hydrogen-bond acceptors (Lipinski definition) is 1. The fourth-order valence-electron chi connectivity index (χ4n) is 1.46. The van der Waals surface area contributed by atoms with Crippen molar-refractivity contribution in [2.24, 2.45) is 0 Å². The van der Waals surface area contributed by atoms with Crippen molar-refractivity contribution in [1.82, 2.24) is 0 Å². The molecule has 0 saturated carbocycles. The Kier molecular flexibility index (Phi) is 4.65. The minimum Gasteiger partial charge on any atom is -0.319 e. The van der Waals surface area contributed by atoms with Crippen LogP contribution in [0.3, 0.4) is 0 Å². The van der Waals surface area contributed by atoms with Crippen LogP contribution in [-0.4, -0.2) is 5.91 Å². The number of hydrogen-bond donors (Lipinski definition) is 1. The fraction of sp³-hybridized carbons (Fsp3) is 0. The zero-order chi connectivity index (χ0) is 14.0. The van der Waals surface area contributed by atoms with Crippen molar-refractivity contribution in [3.8, 4) is 0 Å². The first-order valence-corrected chi connectivity index (χ1v) is 7.03. The van der Waals surface area contributed by atoms with Gasteiger partial charge in [-0.2, -0.15) is 0 Å². The van der Waals surface area contributed by atoms with Gasteiger partial charge in [0.15, 0.2) is 5.82 Å². The van der Waals surface area contributed by atoms with Crippen LogP contribution in [0.4, 0.5) is 10.1 Å². The van der Waals surface area contributed by atoms with E-state index in [1.165, 1.54) is 12.1 Å². The second-order valence-corrected chi connectivity index (χ2v) is 5.69. The van der Waals surface area contributed by atoms with Crippen molar-refractivity contribution in [2.45, 2.75) is 0 Å². The Morgan fingerprint density at radius 3 is 2.63 bits per heavy atom. The summed E-state index contributed by atoms with van der Waals surface area (Å²) in [6, 6.07) is 9.27. The van der Waals surface area contributed by atoms with Crippen LogP contribution in [0.15, 0.2) is 36.4 Å². The number of amides is 1. The van der Waals surface area contributed by atoms with Crippen LogP contribution in [0.1, 0.15) is 10.4 Å². The molecule has 0 radical (unpaired) electrons. The van der Waals surface area contributed by atoms with Crippen molar-refractivity contribution in [3.05, 3.63) is 61.4 Å². The predicted molar refractivity (Wildman–Crippen MR) is 83.5 cm³/mol. The summed E-state index contributed by atoms with van der Waals surface area (Å²) in [5.74, 6) is -1.07. The molecular formula is C13H7Cl2FINO. The molecule has 0 bridgehead atoms. The Labute approximate surface area is 133 Å². The van der Waals surface area contributed by atoms with Gasteiger partial charge in [0.25, 0.3) is 5.91 Å². The molecule has 2 aromatic rings. The number of anilines is 1. The maximum absolute atomic E-state index is 13.7. The molecule has 2 rings (SSSR count). The number of carbonyl (C=O) groups is 1. The molecule has 0 aliphatic rings. The molecule has 98 valence electrons. The second kappa shape index (κ2) is 6.07. The van der Waals surface area contributed by atoms with Crippen molar-refractivity contribution in [3.63, 3.8) is 0 Å². The minimum atomic E-state index is -0.651. The summed E-state index contributed by atoms with van der Waals surface area (Å²) in [6.07, 6.45) is 0. The zero-order valence-corrected chi connectivity index (χ0v) is 13.1. The van der Waals surface area contributed by atoms with Gasteiger partial charge in [-0.25, -0.2) is 4.39 Å². The largest absolute Gasteiger partial charge is 0.319 e. The smallest absolute Gasteiger partial charge is 0.256 e. The maximum atomic E-state index is 13.7. The highest BCUT2D eigenvalue weighted by Crippen LogP contribution is 2.24. The number of halogens is 4. The van der Waals surface area contributed by atoms with E-state index >= 15 is 0 Å². The topological polar surface area (TPSA) is 29.1 Å². The molecule has 0 aliphatic heterocycles. The molecule has 19 heavy (non-hydrogen) atoms. The number of rotatable bonds is 2. The van der Waals surface area contributed by atoms with Crippen molar-refractivity contribution in [2.75, 3.05) is 5.32 Å². The summed E-state index contributed by atoms with van der Waals surface area (Å²) < 4.78 is 14.4. The molecule has 0 aromatic heterocycles. The highest BCUT2D eigenvalue weighted by molar-refractivity contribution is 14.1. The Hall–Kier alpha value is -0.850. The van der Waals surface area contributed by atoms with Gasteiger partial charge in [0, 0.05) is 8.59 Å². The Morgan fingerprint density at radius 1 is 1.21 bits per heavy atom. The molecule has 0 atom stereocenters. The standard InChI is InChI=1S/C13H7Cl2FINO/c14-7-4-5-8(10(17)6-7)13(19)18-11-3-1-2-9(15)12(11)16/h1-6H,(H,18,19). The molecule has 0 fully saturated rings. The Morgan fingerprint density at radius 2 is 1.95 bits per heavy atom. The highest BCUT2D eigenvalue weighted by Gasteiger charge is 2.13. The predicted octanol–water partition coefficient (Wildman–Crippen LogP) is 4.99. The second-order valence-electron chi connectivity index (χ2n) is 3.68. The zero-order valence-electron chi connectivity index (χ0n) is 9.38. The molecular weight excluding hydrogens is 403 g/mol. The van der Waals surface area contributed by atoms with Gasteiger partial charge in [-0.1, -0.05) is 29.3 Å². The van der Waals surface area contributed by atoms with Crippen LogP contribution in [0, 0.1) is 9.39 Å². The molecule has 0 aliphatic carbocycles. The average molecular weight is 410 g/mol. The van der Waals surface area contributed by atoms with Crippen LogP contribution in [0.2, 0.25) is 10.0 Å². The Balaban J connectivity index is 2.28. The summed E-state index contributed by atoms with van der Waals surface area (Å²) in [5, 5.41) is 2.98. The molecule has 2 aromatic carbocycles. The van der Waals surface area contributed by atoms with Crippen molar-refractivity contribution in [1.29, 1.82) is 0 Å². The molecule has 1 amide bonds. The van der Waals surface area contributed by atoms with Crippen LogP contribution in [-0.2, 0) is 0 Å². The van der Waals surface area contributed by atoms with Gasteiger partial charge < -0.3 is 5.32 Å². The molecule has 0 saturated heterocycles. The normalized spacial score (nSPS) is 10.3. The van der Waals surface area contributed by atoms with E-state index in [9.17, 15) is 9.18 Å². The summed E-state index contributed by atoms with van der Waals surface area (Å²) >= 11 is 13.5. The van der Waals surface area contributed by atoms with Crippen LogP contribution in [0.5, 0.6) is 0 Å². The highest BCUT2D eigenvalue weighted by atomic mass is 127. The van der Waals surface area contributed by atoms with Crippen LogP contribution in [0.25, 0.3) is 0 Å². The third-order valence-corrected chi connectivity index (χ3v) is 3.80. The van der Waals surface area contributed by atoms with Gasteiger partial charge in [0.05, 0.1) is 16.3 Å². The monoisotopic (exact) mass is 409 g/mol. The molecule has 0 spiro atoms. The summed E-state index contributed by atoms with van der Waals surface area (Å²) in [4.78, 5) is 12.0. The summed E-state index contributed by atoms with van der Waals surface area (Å²) in [7, 11) is 0. The van der Waals surface area contributed by atoms with E-state index < -0.39 is 11.7 Å². The van der Waals surface area contributed by atoms with Crippen LogP contribution >= 0.6 is 45.8 Å². The molecule has 2 nitrogen and oxygen atoms in total. The minimum absolute atomic E-state index is 0.0383. The van der Waals surface area contributed by atoms with E-state index in [1.807, 2.05) is 22.6 Å².